The molecule has 1 aromatic heterocycles. The second-order valence-electron chi connectivity index (χ2n) is 9.02. The van der Waals surface area contributed by atoms with E-state index in [1.54, 1.807) is 10.9 Å². The number of ether oxygens (including phenoxy) is 1. The molecule has 0 aromatic carbocycles. The molecule has 3 fully saturated rings. The highest BCUT2D eigenvalue weighted by molar-refractivity contribution is 5.79. The van der Waals surface area contributed by atoms with Crippen LogP contribution >= 0.6 is 0 Å². The molecule has 0 radical (unpaired) electrons. The van der Waals surface area contributed by atoms with E-state index in [2.05, 4.69) is 28.3 Å². The fraction of sp³-hybridized carbons (Fsp3) is 0.667. The second-order valence-corrected chi connectivity index (χ2v) is 9.02. The molecule has 4 aliphatic rings. The van der Waals surface area contributed by atoms with Gasteiger partial charge in [0.1, 0.15) is 11.8 Å². The fourth-order valence-electron chi connectivity index (χ4n) is 5.54. The Labute approximate surface area is 171 Å². The van der Waals surface area contributed by atoms with Crippen LogP contribution < -0.4 is 5.32 Å². The molecule has 5 rings (SSSR count). The molecule has 5 heterocycles. The van der Waals surface area contributed by atoms with Crippen LogP contribution in [0.25, 0.3) is 5.70 Å². The average molecular weight is 396 g/mol. The Balaban J connectivity index is 1.29. The number of hydrogen-bond acceptors (Lipinski definition) is 6. The van der Waals surface area contributed by atoms with Crippen LogP contribution in [0.4, 0.5) is 0 Å². The van der Waals surface area contributed by atoms with Crippen molar-refractivity contribution in [3.05, 3.63) is 24.0 Å². The molecule has 0 saturated carbocycles. The largest absolute Gasteiger partial charge is 0.371 e. The topological polar surface area (TPSA) is 86.4 Å². The molecular weight excluding hydrogens is 368 g/mol. The van der Waals surface area contributed by atoms with Gasteiger partial charge in [-0.05, 0) is 38.5 Å². The van der Waals surface area contributed by atoms with Crippen LogP contribution in [-0.4, -0.2) is 77.0 Å². The van der Waals surface area contributed by atoms with Gasteiger partial charge < -0.3 is 15.0 Å². The molecule has 29 heavy (non-hydrogen) atoms. The Morgan fingerprint density at radius 2 is 2.34 bits per heavy atom. The zero-order valence-corrected chi connectivity index (χ0v) is 16.9. The molecule has 1 spiro atoms. The van der Waals surface area contributed by atoms with Gasteiger partial charge in [-0.15, -0.1) is 0 Å². The number of fused-ring (bicyclic) bond motifs is 1. The summed E-state index contributed by atoms with van der Waals surface area (Å²) in [6, 6.07) is 4.42. The Bertz CT molecular complexity index is 865. The highest BCUT2D eigenvalue weighted by Crippen LogP contribution is 2.38. The Kier molecular flexibility index (Phi) is 4.69. The van der Waals surface area contributed by atoms with Crippen LogP contribution in [0.2, 0.25) is 0 Å². The third kappa shape index (κ3) is 3.37. The maximum Gasteiger partial charge on any atom is 0.223 e. The predicted molar refractivity (Wildman–Crippen MR) is 106 cm³/mol. The van der Waals surface area contributed by atoms with Gasteiger partial charge >= 0.3 is 0 Å². The molecule has 1 amide bonds. The smallest absolute Gasteiger partial charge is 0.223 e. The van der Waals surface area contributed by atoms with E-state index in [-0.39, 0.29) is 29.6 Å². The number of nitriles is 1. The fourth-order valence-corrected chi connectivity index (χ4v) is 5.54. The quantitative estimate of drug-likeness (QED) is 0.820. The predicted octanol–water partition coefficient (Wildman–Crippen LogP) is 0.994. The maximum absolute atomic E-state index is 12.7. The Hall–Kier alpha value is -2.21. The van der Waals surface area contributed by atoms with E-state index < -0.39 is 0 Å². The van der Waals surface area contributed by atoms with Crippen molar-refractivity contribution in [1.29, 1.82) is 5.26 Å². The van der Waals surface area contributed by atoms with Crippen LogP contribution in [0.5, 0.6) is 0 Å². The van der Waals surface area contributed by atoms with E-state index >= 15 is 0 Å². The molecule has 1 N–H and O–H groups in total. The SMILES string of the molecule is C[C@@H]1CN(C2CC=C(C#N)n3nccc32)C[C@H](CN2CC3(CCNC3)CC2=O)O1. The standard InChI is InChI=1S/C21H28N6O2/c1-15-10-25(18-3-2-16(9-22)27-19(18)4-6-24-27)11-17(29-15)12-26-14-21(8-20(26)28)5-7-23-13-21/h2,4,6,15,17-18,23H,3,5,7-8,10-14H2,1H3/t15-,17-,18?,21?/m1/s1. The zero-order chi connectivity index (χ0) is 20.0. The van der Waals surface area contributed by atoms with Gasteiger partial charge in [-0.1, -0.05) is 0 Å². The van der Waals surface area contributed by atoms with Crippen molar-refractivity contribution < 1.29 is 9.53 Å². The maximum atomic E-state index is 12.7. The number of aromatic nitrogens is 2. The van der Waals surface area contributed by atoms with Crippen LogP contribution in [0.3, 0.4) is 0 Å². The number of nitrogens with one attached hydrogen (secondary N) is 1. The second kappa shape index (κ2) is 7.24. The van der Waals surface area contributed by atoms with E-state index in [1.807, 2.05) is 17.0 Å². The van der Waals surface area contributed by atoms with Gasteiger partial charge in [-0.2, -0.15) is 10.4 Å². The Morgan fingerprint density at radius 1 is 1.45 bits per heavy atom. The molecule has 154 valence electrons. The first-order valence-corrected chi connectivity index (χ1v) is 10.6. The van der Waals surface area contributed by atoms with Crippen molar-refractivity contribution in [3.8, 4) is 6.07 Å². The molecule has 0 bridgehead atoms. The summed E-state index contributed by atoms with van der Waals surface area (Å²) in [6.45, 7) is 7.19. The number of carbonyl (C=O) groups is 1. The van der Waals surface area contributed by atoms with Gasteiger partial charge in [-0.25, -0.2) is 4.68 Å². The van der Waals surface area contributed by atoms with Gasteiger partial charge in [0.15, 0.2) is 0 Å². The zero-order valence-electron chi connectivity index (χ0n) is 16.9. The summed E-state index contributed by atoms with van der Waals surface area (Å²) in [4.78, 5) is 17.1. The van der Waals surface area contributed by atoms with Gasteiger partial charge in [0.05, 0.1) is 23.9 Å². The third-order valence-electron chi connectivity index (χ3n) is 6.85. The Morgan fingerprint density at radius 3 is 3.14 bits per heavy atom. The summed E-state index contributed by atoms with van der Waals surface area (Å²) < 4.78 is 7.99. The van der Waals surface area contributed by atoms with Crippen molar-refractivity contribution in [2.75, 3.05) is 39.3 Å². The number of rotatable bonds is 3. The molecule has 1 aromatic rings. The van der Waals surface area contributed by atoms with E-state index in [1.165, 1.54) is 0 Å². The first-order chi connectivity index (χ1) is 14.1. The van der Waals surface area contributed by atoms with Crippen molar-refractivity contribution in [2.45, 2.75) is 44.4 Å². The monoisotopic (exact) mass is 396 g/mol. The van der Waals surface area contributed by atoms with Crippen LogP contribution in [-0.2, 0) is 9.53 Å². The highest BCUT2D eigenvalue weighted by atomic mass is 16.5. The summed E-state index contributed by atoms with van der Waals surface area (Å²) in [5, 5.41) is 17.1. The van der Waals surface area contributed by atoms with Gasteiger partial charge in [0.25, 0.3) is 0 Å². The van der Waals surface area contributed by atoms with E-state index in [0.717, 1.165) is 51.3 Å². The van der Waals surface area contributed by atoms with Crippen LogP contribution in [0.1, 0.15) is 37.9 Å². The minimum atomic E-state index is 0.00456. The summed E-state index contributed by atoms with van der Waals surface area (Å²) in [5.74, 6) is 0.263. The minimum absolute atomic E-state index is 0.00456. The normalized spacial score (nSPS) is 35.0. The summed E-state index contributed by atoms with van der Waals surface area (Å²) in [6.07, 6.45) is 6.39. The number of morpholine rings is 1. The van der Waals surface area contributed by atoms with E-state index in [9.17, 15) is 10.1 Å². The van der Waals surface area contributed by atoms with Crippen LogP contribution in [0.15, 0.2) is 18.3 Å². The van der Waals surface area contributed by atoms with Gasteiger partial charge in [0, 0.05) is 50.8 Å². The number of nitrogens with zero attached hydrogens (tertiary/aromatic N) is 5. The lowest BCUT2D eigenvalue weighted by Crippen LogP contribution is -2.52. The molecule has 8 heteroatoms. The molecule has 0 aliphatic carbocycles. The summed E-state index contributed by atoms with van der Waals surface area (Å²) in [5.41, 5.74) is 1.79. The minimum Gasteiger partial charge on any atom is -0.371 e. The average Bonchev–Trinajstić information content (AvgIpc) is 3.42. The lowest BCUT2D eigenvalue weighted by molar-refractivity contribution is -0.134. The first-order valence-electron chi connectivity index (χ1n) is 10.6. The van der Waals surface area contributed by atoms with Crippen molar-refractivity contribution >= 4 is 11.6 Å². The lowest BCUT2D eigenvalue weighted by atomic mass is 9.86. The number of amides is 1. The molecule has 3 saturated heterocycles. The van der Waals surface area contributed by atoms with Crippen molar-refractivity contribution in [2.24, 2.45) is 5.41 Å². The third-order valence-corrected chi connectivity index (χ3v) is 6.85. The lowest BCUT2D eigenvalue weighted by Gasteiger charge is -2.42. The number of carbonyl (C=O) groups excluding carboxylic acids is 1. The molecule has 8 nitrogen and oxygen atoms in total. The van der Waals surface area contributed by atoms with Crippen molar-refractivity contribution in [3.63, 3.8) is 0 Å². The molecule has 2 unspecified atom stereocenters. The van der Waals surface area contributed by atoms with Gasteiger partial charge in [0.2, 0.25) is 5.91 Å². The number of hydrogen-bond donors (Lipinski definition) is 1. The highest BCUT2D eigenvalue weighted by Gasteiger charge is 2.46. The molecule has 4 atom stereocenters. The summed E-state index contributed by atoms with van der Waals surface area (Å²) in [7, 11) is 0. The van der Waals surface area contributed by atoms with Crippen molar-refractivity contribution in [1.82, 2.24) is 24.9 Å². The van der Waals surface area contributed by atoms with Crippen LogP contribution in [0, 0.1) is 16.7 Å². The first kappa shape index (κ1) is 18.8. The van der Waals surface area contributed by atoms with Gasteiger partial charge in [-0.3, -0.25) is 9.69 Å². The summed E-state index contributed by atoms with van der Waals surface area (Å²) >= 11 is 0. The van der Waals surface area contributed by atoms with E-state index in [0.29, 0.717) is 18.7 Å². The number of allylic oxidation sites excluding steroid dienone is 1. The molecular formula is C21H28N6O2. The molecule has 4 aliphatic heterocycles. The number of likely N-dealkylation sites (tertiary alicyclic amines) is 1. The van der Waals surface area contributed by atoms with E-state index in [4.69, 9.17) is 4.74 Å².